The van der Waals surface area contributed by atoms with E-state index in [0.717, 1.165) is 11.5 Å². The third-order valence-electron chi connectivity index (χ3n) is 0.980. The number of furan rings is 1. The van der Waals surface area contributed by atoms with Crippen LogP contribution in [0.4, 0.5) is 0 Å². The third kappa shape index (κ3) is 1.05. The van der Waals surface area contributed by atoms with Crippen molar-refractivity contribution in [2.45, 2.75) is 13.8 Å². The van der Waals surface area contributed by atoms with Crippen molar-refractivity contribution in [1.82, 2.24) is 0 Å². The lowest BCUT2D eigenvalue weighted by Crippen LogP contribution is -1.62. The highest BCUT2D eigenvalue weighted by Gasteiger charge is 1.97. The summed E-state index contributed by atoms with van der Waals surface area (Å²) < 4.78 is 6.42. The van der Waals surface area contributed by atoms with E-state index in [9.17, 15) is 0 Å². The van der Waals surface area contributed by atoms with E-state index >= 15 is 0 Å². The first-order valence-electron chi connectivity index (χ1n) is 2.42. The molecule has 1 nitrogen and oxygen atoms in total. The van der Waals surface area contributed by atoms with Gasteiger partial charge in [0.2, 0.25) is 0 Å². The van der Waals surface area contributed by atoms with Crippen LogP contribution in [0.15, 0.2) is 10.5 Å². The Balaban J connectivity index is 3.14. The van der Waals surface area contributed by atoms with Gasteiger partial charge in [0.05, 0.1) is 3.57 Å². The Morgan fingerprint density at radius 1 is 1.50 bits per heavy atom. The molecule has 0 amide bonds. The van der Waals surface area contributed by atoms with E-state index in [0.29, 0.717) is 0 Å². The minimum atomic E-state index is 0.993. The van der Waals surface area contributed by atoms with Gasteiger partial charge in [-0.25, -0.2) is 0 Å². The van der Waals surface area contributed by atoms with Gasteiger partial charge < -0.3 is 4.42 Å². The van der Waals surface area contributed by atoms with Crippen molar-refractivity contribution in [2.24, 2.45) is 0 Å². The molecule has 1 heterocycles. The molecule has 1 aromatic heterocycles. The molecule has 44 valence electrons. The van der Waals surface area contributed by atoms with E-state index in [1.807, 2.05) is 19.9 Å². The van der Waals surface area contributed by atoms with Crippen molar-refractivity contribution >= 4 is 22.6 Å². The monoisotopic (exact) mass is 222 g/mol. The van der Waals surface area contributed by atoms with Crippen LogP contribution in [0.3, 0.4) is 0 Å². The molecular formula is C6H7IO. The Morgan fingerprint density at radius 3 is 2.25 bits per heavy atom. The van der Waals surface area contributed by atoms with E-state index in [1.54, 1.807) is 0 Å². The zero-order chi connectivity index (χ0) is 6.15. The highest BCUT2D eigenvalue weighted by Crippen LogP contribution is 2.14. The van der Waals surface area contributed by atoms with Crippen LogP contribution in [0.1, 0.15) is 11.5 Å². The summed E-state index contributed by atoms with van der Waals surface area (Å²) >= 11 is 2.25. The quantitative estimate of drug-likeness (QED) is 0.614. The Kier molecular flexibility index (Phi) is 1.60. The predicted octanol–water partition coefficient (Wildman–Crippen LogP) is 2.50. The summed E-state index contributed by atoms with van der Waals surface area (Å²) in [4.78, 5) is 0. The maximum atomic E-state index is 5.21. The Morgan fingerprint density at radius 2 is 2.12 bits per heavy atom. The average molecular weight is 222 g/mol. The second kappa shape index (κ2) is 2.09. The van der Waals surface area contributed by atoms with Crippen LogP contribution in [-0.2, 0) is 0 Å². The van der Waals surface area contributed by atoms with E-state index in [1.165, 1.54) is 3.57 Å². The molecule has 1 rings (SSSR count). The van der Waals surface area contributed by atoms with Crippen molar-refractivity contribution in [2.75, 3.05) is 0 Å². The summed E-state index contributed by atoms with van der Waals surface area (Å²) in [5.74, 6) is 2.01. The molecule has 0 spiro atoms. The van der Waals surface area contributed by atoms with Crippen LogP contribution < -0.4 is 0 Å². The molecule has 0 unspecified atom stereocenters. The number of hydrogen-bond acceptors (Lipinski definition) is 1. The number of hydrogen-bond donors (Lipinski definition) is 0. The SMILES string of the molecule is Cc1cc(I)c(C)o1. The molecule has 0 aliphatic carbocycles. The maximum Gasteiger partial charge on any atom is 0.114 e. The van der Waals surface area contributed by atoms with Crippen molar-refractivity contribution in [3.63, 3.8) is 0 Å². The summed E-state index contributed by atoms with van der Waals surface area (Å²) in [5.41, 5.74) is 0. The molecule has 1 aromatic rings. The van der Waals surface area contributed by atoms with Crippen LogP contribution in [0, 0.1) is 17.4 Å². The molecule has 0 atom stereocenters. The fourth-order valence-corrected chi connectivity index (χ4v) is 1.15. The first kappa shape index (κ1) is 6.13. The van der Waals surface area contributed by atoms with Gasteiger partial charge in [-0.1, -0.05) is 0 Å². The molecule has 0 radical (unpaired) electrons. The van der Waals surface area contributed by atoms with Crippen molar-refractivity contribution in [1.29, 1.82) is 0 Å². The molecule has 0 N–H and O–H groups in total. The largest absolute Gasteiger partial charge is 0.466 e. The van der Waals surface area contributed by atoms with Crippen LogP contribution in [-0.4, -0.2) is 0 Å². The van der Waals surface area contributed by atoms with E-state index < -0.39 is 0 Å². The topological polar surface area (TPSA) is 13.1 Å². The highest BCUT2D eigenvalue weighted by atomic mass is 127. The zero-order valence-electron chi connectivity index (χ0n) is 4.86. The lowest BCUT2D eigenvalue weighted by molar-refractivity contribution is 0.503. The number of rotatable bonds is 0. The Hall–Kier alpha value is 0.01000. The summed E-state index contributed by atoms with van der Waals surface area (Å²) in [6.45, 7) is 3.92. The lowest BCUT2D eigenvalue weighted by atomic mass is 10.5. The van der Waals surface area contributed by atoms with Crippen LogP contribution in [0.25, 0.3) is 0 Å². The van der Waals surface area contributed by atoms with Gasteiger partial charge in [-0.3, -0.25) is 0 Å². The summed E-state index contributed by atoms with van der Waals surface area (Å²) in [7, 11) is 0. The zero-order valence-corrected chi connectivity index (χ0v) is 7.02. The second-order valence-corrected chi connectivity index (χ2v) is 2.92. The summed E-state index contributed by atoms with van der Waals surface area (Å²) in [6, 6.07) is 2.02. The Labute approximate surface area is 62.2 Å². The van der Waals surface area contributed by atoms with Gasteiger partial charge in [0.25, 0.3) is 0 Å². The highest BCUT2D eigenvalue weighted by molar-refractivity contribution is 14.1. The van der Waals surface area contributed by atoms with E-state index in [4.69, 9.17) is 4.42 Å². The molecule has 0 bridgehead atoms. The molecule has 2 heteroatoms. The molecule has 0 saturated heterocycles. The van der Waals surface area contributed by atoms with Gasteiger partial charge in [-0.15, -0.1) is 0 Å². The van der Waals surface area contributed by atoms with Crippen molar-refractivity contribution in [3.05, 3.63) is 21.2 Å². The molecule has 0 aliphatic rings. The molecule has 8 heavy (non-hydrogen) atoms. The van der Waals surface area contributed by atoms with Gasteiger partial charge in [-0.05, 0) is 42.5 Å². The first-order valence-corrected chi connectivity index (χ1v) is 3.50. The fourth-order valence-electron chi connectivity index (χ4n) is 0.600. The van der Waals surface area contributed by atoms with Crippen LogP contribution in [0.2, 0.25) is 0 Å². The number of aryl methyl sites for hydroxylation is 2. The Bertz CT molecular complexity index is 171. The number of halogens is 1. The third-order valence-corrected chi connectivity index (χ3v) is 2.05. The van der Waals surface area contributed by atoms with Gasteiger partial charge in [0.1, 0.15) is 11.5 Å². The maximum absolute atomic E-state index is 5.21. The minimum absolute atomic E-state index is 0.993. The van der Waals surface area contributed by atoms with E-state index in [-0.39, 0.29) is 0 Å². The van der Waals surface area contributed by atoms with Gasteiger partial charge in [0.15, 0.2) is 0 Å². The van der Waals surface area contributed by atoms with E-state index in [2.05, 4.69) is 22.6 Å². The van der Waals surface area contributed by atoms with Gasteiger partial charge in [-0.2, -0.15) is 0 Å². The van der Waals surface area contributed by atoms with Crippen molar-refractivity contribution in [3.8, 4) is 0 Å². The smallest absolute Gasteiger partial charge is 0.114 e. The van der Waals surface area contributed by atoms with Crippen LogP contribution >= 0.6 is 22.6 Å². The first-order chi connectivity index (χ1) is 3.70. The average Bonchev–Trinajstić information content (AvgIpc) is 1.85. The molecular weight excluding hydrogens is 215 g/mol. The molecule has 0 aliphatic heterocycles. The predicted molar refractivity (Wildman–Crippen MR) is 40.9 cm³/mol. The molecule has 0 saturated carbocycles. The molecule has 0 aromatic carbocycles. The second-order valence-electron chi connectivity index (χ2n) is 1.76. The summed E-state index contributed by atoms with van der Waals surface area (Å²) in [6.07, 6.45) is 0. The molecule has 0 fully saturated rings. The summed E-state index contributed by atoms with van der Waals surface area (Å²) in [5, 5.41) is 0. The van der Waals surface area contributed by atoms with Crippen LogP contribution in [0.5, 0.6) is 0 Å². The minimum Gasteiger partial charge on any atom is -0.466 e. The lowest BCUT2D eigenvalue weighted by Gasteiger charge is -1.79. The van der Waals surface area contributed by atoms with Crippen molar-refractivity contribution < 1.29 is 4.42 Å². The van der Waals surface area contributed by atoms with Gasteiger partial charge >= 0.3 is 0 Å². The van der Waals surface area contributed by atoms with Gasteiger partial charge in [0, 0.05) is 0 Å². The normalized spacial score (nSPS) is 9.88. The standard InChI is InChI=1S/C6H7IO/c1-4-3-6(7)5(2)8-4/h3H,1-2H3. The fraction of sp³-hybridized carbons (Fsp3) is 0.333.